The molecule has 7 heteroatoms. The first-order valence-corrected chi connectivity index (χ1v) is 7.34. The van der Waals surface area contributed by atoms with Crippen LogP contribution in [-0.4, -0.2) is 36.2 Å². The van der Waals surface area contributed by atoms with Gasteiger partial charge in [0.1, 0.15) is 5.82 Å². The number of sulfonamides is 1. The van der Waals surface area contributed by atoms with Crippen molar-refractivity contribution in [2.24, 2.45) is 5.41 Å². The van der Waals surface area contributed by atoms with Gasteiger partial charge in [0.25, 0.3) is 10.0 Å². The molecule has 1 aromatic rings. The second kappa shape index (κ2) is 5.38. The van der Waals surface area contributed by atoms with Gasteiger partial charge in [0, 0.05) is 31.3 Å². The smallest absolute Gasteiger partial charge is 0.259 e. The zero-order valence-electron chi connectivity index (χ0n) is 11.3. The third kappa shape index (κ3) is 3.54. The highest BCUT2D eigenvalue weighted by Gasteiger charge is 2.23. The van der Waals surface area contributed by atoms with Gasteiger partial charge in [0.2, 0.25) is 0 Å². The Morgan fingerprint density at radius 3 is 2.56 bits per heavy atom. The van der Waals surface area contributed by atoms with Crippen molar-refractivity contribution in [3.05, 3.63) is 12.0 Å². The molecular formula is C11H21N3O3S. The molecule has 0 radical (unpaired) electrons. The molecule has 1 aromatic heterocycles. The topological polar surface area (TPSA) is 84.2 Å². The number of aliphatic hydroxyl groups is 1. The number of aliphatic hydroxyl groups excluding tert-OH is 1. The van der Waals surface area contributed by atoms with Crippen LogP contribution in [0.25, 0.3) is 0 Å². The maximum Gasteiger partial charge on any atom is 0.259 e. The minimum Gasteiger partial charge on any atom is -0.396 e. The van der Waals surface area contributed by atoms with Crippen molar-refractivity contribution in [2.75, 3.05) is 13.2 Å². The number of nitrogens with one attached hydrogen (secondary N) is 1. The molecule has 0 atom stereocenters. The van der Waals surface area contributed by atoms with Crippen LogP contribution in [-0.2, 0) is 16.6 Å². The molecule has 6 nitrogen and oxygen atoms in total. The van der Waals surface area contributed by atoms with E-state index in [4.69, 9.17) is 5.11 Å². The third-order valence-corrected chi connectivity index (χ3v) is 4.01. The summed E-state index contributed by atoms with van der Waals surface area (Å²) in [7, 11) is -3.61. The predicted octanol–water partition coefficient (Wildman–Crippen LogP) is 0.508. The Hall–Kier alpha value is -0.920. The third-order valence-electron chi connectivity index (χ3n) is 2.74. The van der Waals surface area contributed by atoms with E-state index in [2.05, 4.69) is 9.71 Å². The van der Waals surface area contributed by atoms with Gasteiger partial charge >= 0.3 is 0 Å². The molecule has 0 unspecified atom stereocenters. The van der Waals surface area contributed by atoms with Crippen LogP contribution < -0.4 is 4.72 Å². The van der Waals surface area contributed by atoms with Gasteiger partial charge in [-0.25, -0.2) is 18.1 Å². The molecule has 0 aliphatic carbocycles. The largest absolute Gasteiger partial charge is 0.396 e. The summed E-state index contributed by atoms with van der Waals surface area (Å²) >= 11 is 0. The van der Waals surface area contributed by atoms with E-state index in [1.54, 1.807) is 25.3 Å². The van der Waals surface area contributed by atoms with E-state index in [1.807, 2.05) is 6.92 Å². The molecule has 2 N–H and O–H groups in total. The maximum atomic E-state index is 12.0. The SMILES string of the molecule is CCn1cc(S(=O)(=O)NCC(C)(C)CO)nc1C. The highest BCUT2D eigenvalue weighted by Crippen LogP contribution is 2.14. The molecule has 1 rings (SSSR count). The van der Waals surface area contributed by atoms with E-state index in [-0.39, 0.29) is 18.2 Å². The van der Waals surface area contributed by atoms with Crippen LogP contribution in [0, 0.1) is 12.3 Å². The molecule has 0 spiro atoms. The zero-order valence-corrected chi connectivity index (χ0v) is 12.1. The Bertz CT molecular complexity index is 506. The number of nitrogens with zero attached hydrogens (tertiary/aromatic N) is 2. The number of aromatic nitrogens is 2. The zero-order chi connectivity index (χ0) is 14.0. The van der Waals surface area contributed by atoms with Crippen LogP contribution >= 0.6 is 0 Å². The first-order valence-electron chi connectivity index (χ1n) is 5.86. The van der Waals surface area contributed by atoms with Crippen molar-refractivity contribution in [3.8, 4) is 0 Å². The van der Waals surface area contributed by atoms with Gasteiger partial charge in [-0.05, 0) is 13.8 Å². The molecule has 0 saturated carbocycles. The Morgan fingerprint density at radius 2 is 2.11 bits per heavy atom. The van der Waals surface area contributed by atoms with Gasteiger partial charge < -0.3 is 9.67 Å². The highest BCUT2D eigenvalue weighted by atomic mass is 32.2. The van der Waals surface area contributed by atoms with Gasteiger partial charge in [-0.15, -0.1) is 0 Å². The van der Waals surface area contributed by atoms with Gasteiger partial charge in [-0.1, -0.05) is 13.8 Å². The summed E-state index contributed by atoms with van der Waals surface area (Å²) in [6, 6.07) is 0. The lowest BCUT2D eigenvalue weighted by atomic mass is 9.96. The summed E-state index contributed by atoms with van der Waals surface area (Å²) < 4.78 is 28.3. The summed E-state index contributed by atoms with van der Waals surface area (Å²) in [6.07, 6.45) is 1.52. The fourth-order valence-electron chi connectivity index (χ4n) is 1.35. The number of hydrogen-bond acceptors (Lipinski definition) is 4. The average Bonchev–Trinajstić information content (AvgIpc) is 2.69. The number of aryl methyl sites for hydroxylation is 2. The Morgan fingerprint density at radius 1 is 1.50 bits per heavy atom. The van der Waals surface area contributed by atoms with E-state index in [9.17, 15) is 8.42 Å². The van der Waals surface area contributed by atoms with E-state index >= 15 is 0 Å². The minimum atomic E-state index is -3.61. The lowest BCUT2D eigenvalue weighted by molar-refractivity contribution is 0.163. The Labute approximate surface area is 108 Å². The fraction of sp³-hybridized carbons (Fsp3) is 0.727. The number of imidazole rings is 1. The second-order valence-corrected chi connectivity index (χ2v) is 6.77. The van der Waals surface area contributed by atoms with Crippen molar-refractivity contribution in [3.63, 3.8) is 0 Å². The van der Waals surface area contributed by atoms with E-state index < -0.39 is 15.4 Å². The molecule has 104 valence electrons. The monoisotopic (exact) mass is 275 g/mol. The standard InChI is InChI=1S/C11H21N3O3S/c1-5-14-6-10(13-9(14)2)18(16,17)12-7-11(3,4)8-15/h6,12,15H,5,7-8H2,1-4H3. The van der Waals surface area contributed by atoms with Crippen LogP contribution in [0.4, 0.5) is 0 Å². The molecule has 0 aliphatic heterocycles. The molecule has 0 amide bonds. The Kier molecular flexibility index (Phi) is 4.52. The van der Waals surface area contributed by atoms with E-state index in [1.165, 1.54) is 6.20 Å². The lowest BCUT2D eigenvalue weighted by Crippen LogP contribution is -2.36. The van der Waals surface area contributed by atoms with Crippen LogP contribution in [0.1, 0.15) is 26.6 Å². The number of rotatable bonds is 6. The van der Waals surface area contributed by atoms with Gasteiger partial charge in [0.15, 0.2) is 5.03 Å². The lowest BCUT2D eigenvalue weighted by Gasteiger charge is -2.21. The van der Waals surface area contributed by atoms with Crippen molar-refractivity contribution in [2.45, 2.75) is 39.3 Å². The molecular weight excluding hydrogens is 254 g/mol. The van der Waals surface area contributed by atoms with Gasteiger partial charge in [-0.2, -0.15) is 0 Å². The summed E-state index contributed by atoms with van der Waals surface area (Å²) in [4.78, 5) is 4.03. The molecule has 0 fully saturated rings. The summed E-state index contributed by atoms with van der Waals surface area (Å²) in [5.41, 5.74) is -0.491. The van der Waals surface area contributed by atoms with Gasteiger partial charge in [0.05, 0.1) is 0 Å². The molecule has 1 heterocycles. The molecule has 18 heavy (non-hydrogen) atoms. The Balaban J connectivity index is 2.86. The van der Waals surface area contributed by atoms with Crippen LogP contribution in [0.15, 0.2) is 11.2 Å². The molecule has 0 bridgehead atoms. The first kappa shape index (κ1) is 15.1. The van der Waals surface area contributed by atoms with E-state index in [0.717, 1.165) is 0 Å². The average molecular weight is 275 g/mol. The van der Waals surface area contributed by atoms with Gasteiger partial charge in [-0.3, -0.25) is 0 Å². The summed E-state index contributed by atoms with van der Waals surface area (Å²) in [5.74, 6) is 0.666. The normalized spacial score (nSPS) is 12.9. The molecule has 0 aliphatic rings. The van der Waals surface area contributed by atoms with Crippen LogP contribution in [0.3, 0.4) is 0 Å². The maximum absolute atomic E-state index is 12.0. The van der Waals surface area contributed by atoms with E-state index in [0.29, 0.717) is 12.4 Å². The summed E-state index contributed by atoms with van der Waals surface area (Å²) in [6.45, 7) is 8.02. The quantitative estimate of drug-likeness (QED) is 0.792. The fourth-order valence-corrected chi connectivity index (χ4v) is 2.60. The van der Waals surface area contributed by atoms with Crippen molar-refractivity contribution in [1.82, 2.24) is 14.3 Å². The molecule has 0 aromatic carbocycles. The van der Waals surface area contributed by atoms with Crippen LogP contribution in [0.5, 0.6) is 0 Å². The minimum absolute atomic E-state index is 0.0237. The number of hydrogen-bond donors (Lipinski definition) is 2. The predicted molar refractivity (Wildman–Crippen MR) is 68.7 cm³/mol. The summed E-state index contributed by atoms with van der Waals surface area (Å²) in [5, 5.41) is 9.12. The molecule has 0 saturated heterocycles. The van der Waals surface area contributed by atoms with Crippen molar-refractivity contribution < 1.29 is 13.5 Å². The van der Waals surface area contributed by atoms with Crippen molar-refractivity contribution >= 4 is 10.0 Å². The first-order chi connectivity index (χ1) is 8.22. The second-order valence-electron chi connectivity index (χ2n) is 5.06. The van der Waals surface area contributed by atoms with Crippen molar-refractivity contribution in [1.29, 1.82) is 0 Å². The highest BCUT2D eigenvalue weighted by molar-refractivity contribution is 7.89. The van der Waals surface area contributed by atoms with Crippen LogP contribution in [0.2, 0.25) is 0 Å².